The fraction of sp³-hybridized carbons (Fsp3) is 0.500. The first-order valence-corrected chi connectivity index (χ1v) is 13.7. The summed E-state index contributed by atoms with van der Waals surface area (Å²) in [5.74, 6) is -4.97. The number of phenols is 1. The van der Waals surface area contributed by atoms with Crippen molar-refractivity contribution in [2.75, 3.05) is 18.6 Å². The molecule has 12 N–H and O–H groups in total. The molecule has 1 aromatic carbocycles. The summed E-state index contributed by atoms with van der Waals surface area (Å²) in [6.45, 7) is 0.106. The van der Waals surface area contributed by atoms with Crippen LogP contribution in [-0.4, -0.2) is 93.7 Å². The van der Waals surface area contributed by atoms with E-state index in [0.29, 0.717) is 17.7 Å². The van der Waals surface area contributed by atoms with E-state index in [0.717, 1.165) is 0 Å². The standard InChI is InChI=1S/C24H37N7O8S/c1-40-10-8-15(25)20(35)30-17(11-13-4-6-14(32)7-5-13)21(36)31-18(12-19(33)34)22(37)29-16(23(38)39)3-2-9-28-24(26)27/h4-7,15-18,32H,2-3,8-12,25H2,1H3,(H,29,37)(H,30,35)(H,31,36)(H,33,34)(H,38,39)(H4,26,27,28). The van der Waals surface area contributed by atoms with Crippen LogP contribution < -0.4 is 33.2 Å². The van der Waals surface area contributed by atoms with Gasteiger partial charge >= 0.3 is 11.9 Å². The molecular formula is C24H37N7O8S. The predicted molar refractivity (Wildman–Crippen MR) is 148 cm³/mol. The van der Waals surface area contributed by atoms with Gasteiger partial charge in [0.15, 0.2) is 5.96 Å². The molecule has 0 aliphatic carbocycles. The SMILES string of the molecule is CSCCC(N)C(=O)NC(Cc1ccc(O)cc1)C(=O)NC(CC(=O)O)C(=O)NC(CCCN=C(N)N)C(=O)O. The van der Waals surface area contributed by atoms with Crippen LogP contribution in [0, 0.1) is 0 Å². The van der Waals surface area contributed by atoms with Gasteiger partial charge in [-0.1, -0.05) is 12.1 Å². The van der Waals surface area contributed by atoms with Gasteiger partial charge in [0.25, 0.3) is 0 Å². The third-order valence-corrected chi connectivity index (χ3v) is 6.19. The number of phenolic OH excluding ortho intramolecular Hbond substituents is 1. The number of thioether (sulfide) groups is 1. The Balaban J connectivity index is 3.08. The number of amides is 3. The van der Waals surface area contributed by atoms with Crippen LogP contribution in [-0.2, 0) is 30.4 Å². The highest BCUT2D eigenvalue weighted by atomic mass is 32.2. The first kappa shape index (κ1) is 34.0. The van der Waals surface area contributed by atoms with Crippen LogP contribution in [0.2, 0.25) is 0 Å². The second kappa shape index (κ2) is 17.5. The van der Waals surface area contributed by atoms with E-state index in [1.54, 1.807) is 0 Å². The lowest BCUT2D eigenvalue weighted by molar-refractivity contribution is -0.143. The highest BCUT2D eigenvalue weighted by Gasteiger charge is 2.31. The summed E-state index contributed by atoms with van der Waals surface area (Å²) in [6, 6.07) is 0.567. The molecule has 1 rings (SSSR count). The fourth-order valence-corrected chi connectivity index (χ4v) is 3.91. The summed E-state index contributed by atoms with van der Waals surface area (Å²) in [6.07, 6.45) is 1.38. The number of nitrogens with two attached hydrogens (primary N) is 3. The number of nitrogens with zero attached hydrogens (tertiary/aromatic N) is 1. The maximum atomic E-state index is 13.2. The first-order chi connectivity index (χ1) is 18.8. The minimum Gasteiger partial charge on any atom is -0.508 e. The normalized spacial score (nSPS) is 13.7. The van der Waals surface area contributed by atoms with Crippen LogP contribution in [0.4, 0.5) is 0 Å². The van der Waals surface area contributed by atoms with Gasteiger partial charge in [0.1, 0.15) is 23.9 Å². The number of guanidine groups is 1. The number of hydrogen-bond acceptors (Lipinski definition) is 9. The number of carboxylic acid groups (broad SMARTS) is 2. The van der Waals surface area contributed by atoms with Crippen molar-refractivity contribution >= 4 is 47.4 Å². The van der Waals surface area contributed by atoms with Crippen molar-refractivity contribution in [3.63, 3.8) is 0 Å². The number of aromatic hydroxyl groups is 1. The lowest BCUT2D eigenvalue weighted by Crippen LogP contribution is -2.58. The molecule has 0 saturated heterocycles. The Hall–Kier alpha value is -4.05. The molecule has 0 fully saturated rings. The largest absolute Gasteiger partial charge is 0.508 e. The minimum atomic E-state index is -1.66. The van der Waals surface area contributed by atoms with Crippen molar-refractivity contribution in [2.45, 2.75) is 56.3 Å². The number of aliphatic imine (C=N–C) groups is 1. The van der Waals surface area contributed by atoms with Crippen molar-refractivity contribution in [1.29, 1.82) is 0 Å². The Labute approximate surface area is 235 Å². The molecule has 1 aromatic rings. The van der Waals surface area contributed by atoms with Crippen LogP contribution in [0.15, 0.2) is 29.3 Å². The van der Waals surface area contributed by atoms with Gasteiger partial charge in [-0.2, -0.15) is 11.8 Å². The Morgan fingerprint density at radius 1 is 0.900 bits per heavy atom. The Morgan fingerprint density at radius 2 is 1.48 bits per heavy atom. The van der Waals surface area contributed by atoms with Gasteiger partial charge in [-0.05, 0) is 49.0 Å². The van der Waals surface area contributed by atoms with Crippen molar-refractivity contribution in [3.8, 4) is 5.75 Å². The number of benzene rings is 1. The molecule has 0 heterocycles. The molecule has 222 valence electrons. The number of carbonyl (C=O) groups is 5. The summed E-state index contributed by atoms with van der Waals surface area (Å²) in [7, 11) is 0. The van der Waals surface area contributed by atoms with E-state index in [-0.39, 0.29) is 37.5 Å². The van der Waals surface area contributed by atoms with E-state index in [1.165, 1.54) is 36.0 Å². The van der Waals surface area contributed by atoms with E-state index < -0.39 is 60.2 Å². The quantitative estimate of drug-likeness (QED) is 0.0520. The molecule has 0 aromatic heterocycles. The molecule has 0 aliphatic rings. The zero-order valence-corrected chi connectivity index (χ0v) is 22.9. The molecule has 40 heavy (non-hydrogen) atoms. The van der Waals surface area contributed by atoms with E-state index in [9.17, 15) is 39.3 Å². The smallest absolute Gasteiger partial charge is 0.326 e. The van der Waals surface area contributed by atoms with Crippen LogP contribution in [0.1, 0.15) is 31.2 Å². The van der Waals surface area contributed by atoms with Gasteiger partial charge in [0, 0.05) is 13.0 Å². The van der Waals surface area contributed by atoms with Crippen LogP contribution in [0.25, 0.3) is 0 Å². The first-order valence-electron chi connectivity index (χ1n) is 12.3. The molecule has 0 spiro atoms. The van der Waals surface area contributed by atoms with Gasteiger partial charge < -0.3 is 48.5 Å². The zero-order chi connectivity index (χ0) is 30.2. The highest BCUT2D eigenvalue weighted by Crippen LogP contribution is 2.12. The van der Waals surface area contributed by atoms with E-state index in [4.69, 9.17) is 17.2 Å². The molecule has 0 bridgehead atoms. The van der Waals surface area contributed by atoms with Gasteiger partial charge in [-0.25, -0.2) is 4.79 Å². The summed E-state index contributed by atoms with van der Waals surface area (Å²) >= 11 is 1.49. The predicted octanol–water partition coefficient (Wildman–Crippen LogP) is -1.92. The lowest BCUT2D eigenvalue weighted by atomic mass is 10.0. The molecule has 0 aliphatic heterocycles. The van der Waals surface area contributed by atoms with Gasteiger partial charge in [-0.15, -0.1) is 0 Å². The highest BCUT2D eigenvalue weighted by molar-refractivity contribution is 7.98. The number of carbonyl (C=O) groups excluding carboxylic acids is 3. The topological polar surface area (TPSA) is 273 Å². The van der Waals surface area contributed by atoms with Crippen LogP contribution in [0.3, 0.4) is 0 Å². The second-order valence-corrected chi connectivity index (χ2v) is 9.81. The van der Waals surface area contributed by atoms with E-state index >= 15 is 0 Å². The molecule has 15 nitrogen and oxygen atoms in total. The van der Waals surface area contributed by atoms with Crippen molar-refractivity contribution in [1.82, 2.24) is 16.0 Å². The zero-order valence-electron chi connectivity index (χ0n) is 22.0. The van der Waals surface area contributed by atoms with Gasteiger partial charge in [0.2, 0.25) is 17.7 Å². The van der Waals surface area contributed by atoms with Crippen LogP contribution in [0.5, 0.6) is 5.75 Å². The summed E-state index contributed by atoms with van der Waals surface area (Å²) in [4.78, 5) is 65.6. The monoisotopic (exact) mass is 583 g/mol. The van der Waals surface area contributed by atoms with Crippen molar-refractivity contribution in [2.24, 2.45) is 22.2 Å². The van der Waals surface area contributed by atoms with E-state index in [2.05, 4.69) is 20.9 Å². The van der Waals surface area contributed by atoms with Crippen LogP contribution >= 0.6 is 11.8 Å². The van der Waals surface area contributed by atoms with Gasteiger partial charge in [-0.3, -0.25) is 24.2 Å². The van der Waals surface area contributed by atoms with Crippen molar-refractivity contribution < 1.29 is 39.3 Å². The maximum Gasteiger partial charge on any atom is 0.326 e. The number of carboxylic acids is 2. The summed E-state index contributed by atoms with van der Waals surface area (Å²) < 4.78 is 0. The van der Waals surface area contributed by atoms with E-state index in [1.807, 2.05) is 6.26 Å². The van der Waals surface area contributed by atoms with Gasteiger partial charge in [0.05, 0.1) is 12.5 Å². The molecular weight excluding hydrogens is 546 g/mol. The minimum absolute atomic E-state index is 0.0163. The fourth-order valence-electron chi connectivity index (χ4n) is 3.42. The Morgan fingerprint density at radius 3 is 2.02 bits per heavy atom. The molecule has 16 heteroatoms. The number of aliphatic carboxylic acids is 2. The average molecular weight is 584 g/mol. The number of hydrogen-bond donors (Lipinski definition) is 9. The molecule has 0 radical (unpaired) electrons. The van der Waals surface area contributed by atoms with Crippen molar-refractivity contribution in [3.05, 3.63) is 29.8 Å². The molecule has 3 amide bonds. The number of nitrogens with one attached hydrogen (secondary N) is 3. The Bertz CT molecular complexity index is 1050. The third kappa shape index (κ3) is 13.1. The average Bonchev–Trinajstić information content (AvgIpc) is 2.88. The molecule has 4 unspecified atom stereocenters. The number of rotatable bonds is 18. The summed E-state index contributed by atoms with van der Waals surface area (Å²) in [5.41, 5.74) is 16.9. The molecule has 0 saturated carbocycles. The second-order valence-electron chi connectivity index (χ2n) is 8.83. The maximum absolute atomic E-state index is 13.2. The Kier molecular flexibility index (Phi) is 14.9. The summed E-state index contributed by atoms with van der Waals surface area (Å²) in [5, 5.41) is 35.4. The lowest BCUT2D eigenvalue weighted by Gasteiger charge is -2.24. The third-order valence-electron chi connectivity index (χ3n) is 5.55. The molecule has 4 atom stereocenters.